The largest absolute Gasteiger partial charge is 0.444 e. The highest BCUT2D eigenvalue weighted by atomic mass is 32.1. The Kier molecular flexibility index (Phi) is 4.72. The first-order chi connectivity index (χ1) is 8.67. The van der Waals surface area contributed by atoms with E-state index in [1.165, 1.54) is 0 Å². The SMILES string of the molecule is Cc1cc(NC(N)=S)ccc1NC(=O)OC(C)(C)C. The lowest BCUT2D eigenvalue weighted by Gasteiger charge is -2.20. The average molecular weight is 281 g/mol. The molecule has 0 fully saturated rings. The normalized spacial score (nSPS) is 10.7. The van der Waals surface area contributed by atoms with Gasteiger partial charge in [0.1, 0.15) is 5.60 Å². The lowest BCUT2D eigenvalue weighted by atomic mass is 10.2. The minimum Gasteiger partial charge on any atom is -0.444 e. The summed E-state index contributed by atoms with van der Waals surface area (Å²) in [6, 6.07) is 5.38. The zero-order valence-electron chi connectivity index (χ0n) is 11.5. The molecule has 6 heteroatoms. The van der Waals surface area contributed by atoms with E-state index in [0.29, 0.717) is 5.69 Å². The van der Waals surface area contributed by atoms with E-state index in [1.807, 2.05) is 33.8 Å². The summed E-state index contributed by atoms with van der Waals surface area (Å²) >= 11 is 4.76. The van der Waals surface area contributed by atoms with E-state index in [1.54, 1.807) is 12.1 Å². The third kappa shape index (κ3) is 5.56. The van der Waals surface area contributed by atoms with Crippen LogP contribution >= 0.6 is 12.2 Å². The van der Waals surface area contributed by atoms with Gasteiger partial charge in [-0.1, -0.05) is 0 Å². The second-order valence-electron chi connectivity index (χ2n) is 5.15. The van der Waals surface area contributed by atoms with Crippen molar-refractivity contribution in [1.82, 2.24) is 0 Å². The molecule has 0 saturated heterocycles. The number of thiocarbonyl (C=S) groups is 1. The number of ether oxygens (including phenoxy) is 1. The molecule has 19 heavy (non-hydrogen) atoms. The fourth-order valence-electron chi connectivity index (χ4n) is 1.44. The first-order valence-corrected chi connectivity index (χ1v) is 6.25. The molecule has 104 valence electrons. The maximum Gasteiger partial charge on any atom is 0.412 e. The van der Waals surface area contributed by atoms with E-state index in [0.717, 1.165) is 11.3 Å². The summed E-state index contributed by atoms with van der Waals surface area (Å²) in [5.41, 5.74) is 7.21. The summed E-state index contributed by atoms with van der Waals surface area (Å²) in [5.74, 6) is 0. The van der Waals surface area contributed by atoms with Crippen LogP contribution in [0.25, 0.3) is 0 Å². The molecule has 0 aliphatic heterocycles. The Balaban J connectivity index is 2.75. The second kappa shape index (κ2) is 5.88. The monoisotopic (exact) mass is 281 g/mol. The zero-order chi connectivity index (χ0) is 14.6. The molecular weight excluding hydrogens is 262 g/mol. The topological polar surface area (TPSA) is 76.4 Å². The van der Waals surface area contributed by atoms with Gasteiger partial charge in [0.15, 0.2) is 5.11 Å². The number of hydrogen-bond acceptors (Lipinski definition) is 3. The highest BCUT2D eigenvalue weighted by molar-refractivity contribution is 7.80. The Morgan fingerprint density at radius 2 is 1.95 bits per heavy atom. The molecule has 0 aliphatic carbocycles. The quantitative estimate of drug-likeness (QED) is 0.726. The molecule has 4 N–H and O–H groups in total. The number of benzene rings is 1. The van der Waals surface area contributed by atoms with E-state index < -0.39 is 11.7 Å². The van der Waals surface area contributed by atoms with Crippen LogP contribution < -0.4 is 16.4 Å². The molecule has 0 saturated carbocycles. The third-order valence-corrected chi connectivity index (χ3v) is 2.23. The maximum atomic E-state index is 11.7. The van der Waals surface area contributed by atoms with Crippen LogP contribution in [0.1, 0.15) is 26.3 Å². The number of aryl methyl sites for hydroxylation is 1. The third-order valence-electron chi connectivity index (χ3n) is 2.13. The smallest absolute Gasteiger partial charge is 0.412 e. The fraction of sp³-hybridized carbons (Fsp3) is 0.385. The molecular formula is C13H19N3O2S. The van der Waals surface area contributed by atoms with Crippen LogP contribution in [0.5, 0.6) is 0 Å². The maximum absolute atomic E-state index is 11.7. The minimum atomic E-state index is -0.523. The predicted octanol–water partition coefficient (Wildman–Crippen LogP) is 3.00. The number of amides is 1. The number of carbonyl (C=O) groups is 1. The number of nitrogens with two attached hydrogens (primary N) is 1. The second-order valence-corrected chi connectivity index (χ2v) is 5.59. The summed E-state index contributed by atoms with van der Waals surface area (Å²) in [7, 11) is 0. The summed E-state index contributed by atoms with van der Waals surface area (Å²) < 4.78 is 5.18. The molecule has 1 amide bonds. The molecule has 0 heterocycles. The van der Waals surface area contributed by atoms with Crippen LogP contribution in [0, 0.1) is 6.92 Å². The average Bonchev–Trinajstić information content (AvgIpc) is 2.18. The summed E-state index contributed by atoms with van der Waals surface area (Å²) in [4.78, 5) is 11.7. The van der Waals surface area contributed by atoms with Crippen LogP contribution in [-0.2, 0) is 4.74 Å². The van der Waals surface area contributed by atoms with E-state index in [9.17, 15) is 4.79 Å². The highest BCUT2D eigenvalue weighted by Crippen LogP contribution is 2.20. The zero-order valence-corrected chi connectivity index (χ0v) is 12.4. The van der Waals surface area contributed by atoms with Crippen molar-refractivity contribution in [2.45, 2.75) is 33.3 Å². The standard InChI is InChI=1S/C13H19N3O2S/c1-8-7-9(15-11(14)19)5-6-10(8)16-12(17)18-13(2,3)4/h5-7H,1-4H3,(H,16,17)(H3,14,15,19). The number of carbonyl (C=O) groups excluding carboxylic acids is 1. The number of rotatable bonds is 2. The van der Waals surface area contributed by atoms with Crippen molar-refractivity contribution in [2.75, 3.05) is 10.6 Å². The van der Waals surface area contributed by atoms with Gasteiger partial charge in [-0.05, 0) is 63.7 Å². The molecule has 0 aliphatic rings. The first kappa shape index (κ1) is 15.2. The van der Waals surface area contributed by atoms with Crippen LogP contribution in [0.15, 0.2) is 18.2 Å². The van der Waals surface area contributed by atoms with Gasteiger partial charge in [-0.2, -0.15) is 0 Å². The molecule has 0 radical (unpaired) electrons. The summed E-state index contributed by atoms with van der Waals surface area (Å²) in [6.45, 7) is 7.31. The van der Waals surface area contributed by atoms with Crippen molar-refractivity contribution in [3.63, 3.8) is 0 Å². The van der Waals surface area contributed by atoms with Gasteiger partial charge in [0.05, 0.1) is 0 Å². The molecule has 0 unspecified atom stereocenters. The molecule has 0 bridgehead atoms. The Bertz CT molecular complexity index is 495. The van der Waals surface area contributed by atoms with E-state index in [2.05, 4.69) is 10.6 Å². The highest BCUT2D eigenvalue weighted by Gasteiger charge is 2.16. The van der Waals surface area contributed by atoms with Crippen molar-refractivity contribution < 1.29 is 9.53 Å². The van der Waals surface area contributed by atoms with Gasteiger partial charge < -0.3 is 15.8 Å². The molecule has 1 rings (SSSR count). The van der Waals surface area contributed by atoms with E-state index in [4.69, 9.17) is 22.7 Å². The molecule has 0 aromatic heterocycles. The van der Waals surface area contributed by atoms with Crippen molar-refractivity contribution in [3.05, 3.63) is 23.8 Å². The summed E-state index contributed by atoms with van der Waals surface area (Å²) in [5, 5.41) is 5.73. The molecule has 0 atom stereocenters. The van der Waals surface area contributed by atoms with Crippen molar-refractivity contribution >= 4 is 34.8 Å². The predicted molar refractivity (Wildman–Crippen MR) is 81.4 cm³/mol. The number of nitrogens with one attached hydrogen (secondary N) is 2. The van der Waals surface area contributed by atoms with E-state index in [-0.39, 0.29) is 5.11 Å². The van der Waals surface area contributed by atoms with Gasteiger partial charge in [0.2, 0.25) is 0 Å². The first-order valence-electron chi connectivity index (χ1n) is 5.84. The fourth-order valence-corrected chi connectivity index (χ4v) is 1.56. The van der Waals surface area contributed by atoms with Crippen LogP contribution in [0.2, 0.25) is 0 Å². The van der Waals surface area contributed by atoms with E-state index >= 15 is 0 Å². The van der Waals surface area contributed by atoms with Crippen LogP contribution in [0.4, 0.5) is 16.2 Å². The van der Waals surface area contributed by atoms with Crippen molar-refractivity contribution in [2.24, 2.45) is 5.73 Å². The van der Waals surface area contributed by atoms with Crippen molar-refractivity contribution in [3.8, 4) is 0 Å². The molecule has 0 spiro atoms. The lowest BCUT2D eigenvalue weighted by Crippen LogP contribution is -2.27. The van der Waals surface area contributed by atoms with Crippen LogP contribution in [0.3, 0.4) is 0 Å². The lowest BCUT2D eigenvalue weighted by molar-refractivity contribution is 0.0636. The van der Waals surface area contributed by atoms with Crippen molar-refractivity contribution in [1.29, 1.82) is 0 Å². The van der Waals surface area contributed by atoms with Gasteiger partial charge in [-0.25, -0.2) is 4.79 Å². The molecule has 1 aromatic carbocycles. The number of anilines is 2. The van der Waals surface area contributed by atoms with Gasteiger partial charge in [0, 0.05) is 11.4 Å². The van der Waals surface area contributed by atoms with Gasteiger partial charge in [0.25, 0.3) is 0 Å². The minimum absolute atomic E-state index is 0.201. The Labute approximate surface area is 118 Å². The Morgan fingerprint density at radius 1 is 1.32 bits per heavy atom. The van der Waals surface area contributed by atoms with Gasteiger partial charge >= 0.3 is 6.09 Å². The van der Waals surface area contributed by atoms with Gasteiger partial charge in [-0.3, -0.25) is 5.32 Å². The number of hydrogen-bond donors (Lipinski definition) is 3. The molecule has 1 aromatic rings. The van der Waals surface area contributed by atoms with Crippen LogP contribution in [-0.4, -0.2) is 16.8 Å². The molecule has 5 nitrogen and oxygen atoms in total. The summed E-state index contributed by atoms with van der Waals surface area (Å²) in [6.07, 6.45) is -0.481. The Morgan fingerprint density at radius 3 is 2.42 bits per heavy atom. The van der Waals surface area contributed by atoms with Gasteiger partial charge in [-0.15, -0.1) is 0 Å². The Hall–Kier alpha value is -1.82.